The van der Waals surface area contributed by atoms with Gasteiger partial charge in [-0.2, -0.15) is 0 Å². The second-order valence-corrected chi connectivity index (χ2v) is 13.0. The van der Waals surface area contributed by atoms with Gasteiger partial charge in [0.2, 0.25) is 0 Å². The van der Waals surface area contributed by atoms with Crippen molar-refractivity contribution in [1.29, 1.82) is 0 Å². The highest BCUT2D eigenvalue weighted by atomic mass is 16.5. The van der Waals surface area contributed by atoms with E-state index in [-0.39, 0.29) is 23.2 Å². The molecule has 0 aliphatic carbocycles. The fourth-order valence-electron chi connectivity index (χ4n) is 5.43. The molecule has 2 saturated heterocycles. The second-order valence-electron chi connectivity index (χ2n) is 13.0. The van der Waals surface area contributed by atoms with E-state index in [1.54, 1.807) is 0 Å². The summed E-state index contributed by atoms with van der Waals surface area (Å²) in [6.07, 6.45) is 29.5. The highest BCUT2D eigenvalue weighted by Gasteiger charge is 2.65. The number of rotatable bonds is 11. The van der Waals surface area contributed by atoms with Crippen molar-refractivity contribution in [3.63, 3.8) is 0 Å². The van der Waals surface area contributed by atoms with Crippen LogP contribution in [0.4, 0.5) is 0 Å². The molecule has 0 saturated carbocycles. The van der Waals surface area contributed by atoms with E-state index in [0.29, 0.717) is 18.1 Å². The minimum absolute atomic E-state index is 0.0509. The molecule has 3 nitrogen and oxygen atoms in total. The summed E-state index contributed by atoms with van der Waals surface area (Å²) in [6.45, 7) is 20.7. The summed E-state index contributed by atoms with van der Waals surface area (Å²) in [6, 6.07) is 0. The molecule has 1 N–H and O–H groups in total. The van der Waals surface area contributed by atoms with Crippen LogP contribution in [-0.2, 0) is 9.53 Å². The van der Waals surface area contributed by atoms with Gasteiger partial charge in [0.05, 0.1) is 11.7 Å². The first-order valence-electron chi connectivity index (χ1n) is 15.4. The molecule has 2 aliphatic heterocycles. The van der Waals surface area contributed by atoms with Crippen molar-refractivity contribution >= 4 is 5.78 Å². The predicted molar refractivity (Wildman–Crippen MR) is 183 cm³/mol. The van der Waals surface area contributed by atoms with Crippen LogP contribution in [-0.4, -0.2) is 22.6 Å². The normalized spacial score (nSPS) is 25.8. The maximum Gasteiger partial charge on any atom is 0.167 e. The van der Waals surface area contributed by atoms with Crippen molar-refractivity contribution in [2.24, 2.45) is 17.3 Å². The number of allylic oxidation sites excluding steroid dienone is 18. The van der Waals surface area contributed by atoms with Crippen LogP contribution >= 0.6 is 0 Å². The van der Waals surface area contributed by atoms with Gasteiger partial charge in [0.1, 0.15) is 11.7 Å². The zero-order chi connectivity index (χ0) is 32.2. The number of hydrogen-bond donors (Lipinski definition) is 1. The van der Waals surface area contributed by atoms with Crippen LogP contribution in [0.25, 0.3) is 0 Å². The fraction of sp³-hybridized carbons (Fsp3) is 0.425. The Bertz CT molecular complexity index is 1380. The molecular weight excluding hydrogens is 528 g/mol. The molecule has 3 unspecified atom stereocenters. The summed E-state index contributed by atoms with van der Waals surface area (Å²) in [5.41, 5.74) is 4.86. The zero-order valence-electron chi connectivity index (χ0n) is 28.0. The lowest BCUT2D eigenvalue weighted by molar-refractivity contribution is -0.125. The average molecular weight is 581 g/mol. The first-order valence-corrected chi connectivity index (χ1v) is 15.4. The van der Waals surface area contributed by atoms with Crippen LogP contribution in [0.5, 0.6) is 0 Å². The third-order valence-electron chi connectivity index (χ3n) is 7.90. The number of carbonyl (C=O) groups is 1. The summed E-state index contributed by atoms with van der Waals surface area (Å²) < 4.78 is 6.21. The number of aliphatic hydroxyl groups is 1. The topological polar surface area (TPSA) is 46.5 Å². The predicted octanol–water partition coefficient (Wildman–Crippen LogP) is 10.2. The van der Waals surface area contributed by atoms with Gasteiger partial charge < -0.3 is 9.84 Å². The van der Waals surface area contributed by atoms with E-state index in [9.17, 15) is 9.90 Å². The minimum Gasteiger partial charge on any atom is -0.512 e. The lowest BCUT2D eigenvalue weighted by Gasteiger charge is -2.40. The van der Waals surface area contributed by atoms with E-state index in [2.05, 4.69) is 95.1 Å². The average Bonchev–Trinajstić information content (AvgIpc) is 3.32. The first kappa shape index (κ1) is 35.6. The Labute approximate surface area is 261 Å². The molecule has 43 heavy (non-hydrogen) atoms. The molecule has 0 spiro atoms. The largest absolute Gasteiger partial charge is 0.512 e. The molecule has 2 rings (SSSR count). The van der Waals surface area contributed by atoms with Gasteiger partial charge in [-0.3, -0.25) is 4.79 Å². The number of ketones is 1. The van der Waals surface area contributed by atoms with Crippen molar-refractivity contribution in [2.75, 3.05) is 0 Å². The minimum atomic E-state index is -0.508. The summed E-state index contributed by atoms with van der Waals surface area (Å²) >= 11 is 0. The second kappa shape index (κ2) is 16.3. The van der Waals surface area contributed by atoms with Crippen LogP contribution < -0.4 is 0 Å². The Kier molecular flexibility index (Phi) is 13.5. The third-order valence-corrected chi connectivity index (χ3v) is 7.90. The van der Waals surface area contributed by atoms with Crippen LogP contribution in [0.15, 0.2) is 119 Å². The number of carbonyl (C=O) groups excluding carboxylic acids is 1. The Hall–Kier alpha value is -3.61. The molecule has 230 valence electrons. The molecule has 3 atom stereocenters. The van der Waals surface area contributed by atoms with E-state index < -0.39 is 5.60 Å². The molecular formula is C40H52O3. The molecule has 0 aromatic rings. The SMILES string of the molecule is CC(C#CC=C(C)CC(O)=CC(C)C)=CC=CC(C)=CC=CC=C(C)C=CC=C(C)C=CC12OC(CC1(C)C)C(=O)C2C. The molecule has 2 bridgehead atoms. The van der Waals surface area contributed by atoms with Crippen molar-refractivity contribution in [2.45, 2.75) is 93.8 Å². The number of hydrogen-bond acceptors (Lipinski definition) is 3. The maximum absolute atomic E-state index is 12.4. The van der Waals surface area contributed by atoms with E-state index in [1.165, 1.54) is 0 Å². The standard InChI is InChI=1S/C40H52O3/c1-29(2)26-36(41)27-34(7)23-15-21-32(5)20-13-18-30(3)16-11-12-17-31(4)19-14-22-33(6)24-25-40-35(8)38(42)37(43-40)28-39(40,9)10/h11-14,16-20,22-26,29,35,37,41H,27-28H2,1-10H3. The lowest BCUT2D eigenvalue weighted by atomic mass is 9.62. The van der Waals surface area contributed by atoms with Gasteiger partial charge in [-0.05, 0) is 64.7 Å². The van der Waals surface area contributed by atoms with Crippen LogP contribution in [0, 0.1) is 29.1 Å². The van der Waals surface area contributed by atoms with Crippen molar-refractivity contribution in [3.8, 4) is 11.8 Å². The van der Waals surface area contributed by atoms with Gasteiger partial charge in [0, 0.05) is 11.8 Å². The van der Waals surface area contributed by atoms with Gasteiger partial charge in [0.15, 0.2) is 5.78 Å². The van der Waals surface area contributed by atoms with Crippen molar-refractivity contribution in [1.82, 2.24) is 0 Å². The van der Waals surface area contributed by atoms with Gasteiger partial charge in [-0.1, -0.05) is 142 Å². The smallest absolute Gasteiger partial charge is 0.167 e. The molecule has 2 aliphatic rings. The van der Waals surface area contributed by atoms with Crippen molar-refractivity contribution in [3.05, 3.63) is 119 Å². The number of aliphatic hydroxyl groups excluding tert-OH is 1. The van der Waals surface area contributed by atoms with Gasteiger partial charge in [-0.25, -0.2) is 0 Å². The number of Topliss-reactive ketones (excluding diaryl/α,β-unsaturated/α-hetero) is 1. The fourth-order valence-corrected chi connectivity index (χ4v) is 5.43. The summed E-state index contributed by atoms with van der Waals surface area (Å²) in [7, 11) is 0. The van der Waals surface area contributed by atoms with E-state index >= 15 is 0 Å². The molecule has 2 heterocycles. The summed E-state index contributed by atoms with van der Waals surface area (Å²) in [4.78, 5) is 12.4. The van der Waals surface area contributed by atoms with E-state index in [1.807, 2.05) is 71.1 Å². The maximum atomic E-state index is 12.4. The Balaban J connectivity index is 1.87. The number of ether oxygens (including phenoxy) is 1. The Morgan fingerprint density at radius 3 is 2.07 bits per heavy atom. The Morgan fingerprint density at radius 2 is 1.49 bits per heavy atom. The van der Waals surface area contributed by atoms with Crippen molar-refractivity contribution < 1.29 is 14.6 Å². The highest BCUT2D eigenvalue weighted by Crippen LogP contribution is 2.57. The van der Waals surface area contributed by atoms with Gasteiger partial charge >= 0.3 is 0 Å². The van der Waals surface area contributed by atoms with Gasteiger partial charge in [0.25, 0.3) is 0 Å². The van der Waals surface area contributed by atoms with Crippen LogP contribution in [0.3, 0.4) is 0 Å². The van der Waals surface area contributed by atoms with Crippen LogP contribution in [0.2, 0.25) is 0 Å². The quantitative estimate of drug-likeness (QED) is 0.150. The van der Waals surface area contributed by atoms with E-state index in [4.69, 9.17) is 4.74 Å². The first-order chi connectivity index (χ1) is 20.2. The summed E-state index contributed by atoms with van der Waals surface area (Å²) in [5, 5.41) is 9.93. The lowest BCUT2D eigenvalue weighted by Crippen LogP contribution is -2.47. The molecule has 0 aromatic heterocycles. The third kappa shape index (κ3) is 10.9. The highest BCUT2D eigenvalue weighted by molar-refractivity contribution is 5.90. The van der Waals surface area contributed by atoms with Gasteiger partial charge in [-0.15, -0.1) is 0 Å². The Morgan fingerprint density at radius 1 is 0.930 bits per heavy atom. The molecule has 3 heteroatoms. The molecule has 2 fully saturated rings. The molecule has 0 amide bonds. The molecule has 0 aromatic carbocycles. The zero-order valence-corrected chi connectivity index (χ0v) is 28.0. The molecule has 0 radical (unpaired) electrons. The number of fused-ring (bicyclic) bond motifs is 2. The monoisotopic (exact) mass is 580 g/mol. The van der Waals surface area contributed by atoms with E-state index in [0.717, 1.165) is 34.3 Å². The van der Waals surface area contributed by atoms with Crippen LogP contribution in [0.1, 0.15) is 82.1 Å². The summed E-state index contributed by atoms with van der Waals surface area (Å²) in [5.74, 6) is 7.06.